The molecule has 1 aliphatic heterocycles. The standard InChI is InChI=1S/C10H19NO/c1-11-7-10(12-8-11)9-5-3-2-4-6-9/h9-10H,2-8H2,1H3. The lowest BCUT2D eigenvalue weighted by atomic mass is 9.85. The lowest BCUT2D eigenvalue weighted by molar-refractivity contribution is 0.0446. The fourth-order valence-electron chi connectivity index (χ4n) is 2.43. The van der Waals surface area contributed by atoms with Gasteiger partial charge in [-0.1, -0.05) is 19.3 Å². The van der Waals surface area contributed by atoms with E-state index in [0.717, 1.165) is 19.2 Å². The molecule has 2 heteroatoms. The van der Waals surface area contributed by atoms with Gasteiger partial charge in [0.1, 0.15) is 0 Å². The van der Waals surface area contributed by atoms with Gasteiger partial charge >= 0.3 is 0 Å². The Hall–Kier alpha value is -0.0800. The molecule has 0 radical (unpaired) electrons. The molecule has 2 nitrogen and oxygen atoms in total. The van der Waals surface area contributed by atoms with E-state index in [9.17, 15) is 0 Å². The van der Waals surface area contributed by atoms with E-state index < -0.39 is 0 Å². The quantitative estimate of drug-likeness (QED) is 0.594. The summed E-state index contributed by atoms with van der Waals surface area (Å²) < 4.78 is 5.73. The smallest absolute Gasteiger partial charge is 0.0993 e. The van der Waals surface area contributed by atoms with Crippen LogP contribution in [0.5, 0.6) is 0 Å². The Balaban J connectivity index is 1.83. The second kappa shape index (κ2) is 3.75. The highest BCUT2D eigenvalue weighted by Crippen LogP contribution is 2.29. The average molecular weight is 169 g/mol. The van der Waals surface area contributed by atoms with E-state index in [1.165, 1.54) is 32.1 Å². The van der Waals surface area contributed by atoms with E-state index in [1.54, 1.807) is 0 Å². The van der Waals surface area contributed by atoms with Crippen LogP contribution in [0.25, 0.3) is 0 Å². The predicted molar refractivity (Wildman–Crippen MR) is 48.9 cm³/mol. The van der Waals surface area contributed by atoms with Gasteiger partial charge in [0.05, 0.1) is 12.8 Å². The molecule has 0 spiro atoms. The second-order valence-corrected chi connectivity index (χ2v) is 4.27. The first-order valence-electron chi connectivity index (χ1n) is 5.16. The molecule has 1 saturated carbocycles. The van der Waals surface area contributed by atoms with E-state index in [2.05, 4.69) is 11.9 Å². The molecule has 0 amide bonds. The Labute approximate surface area is 74.9 Å². The van der Waals surface area contributed by atoms with Crippen LogP contribution in [0.15, 0.2) is 0 Å². The maximum atomic E-state index is 5.73. The van der Waals surface area contributed by atoms with Crippen molar-refractivity contribution in [2.75, 3.05) is 20.3 Å². The molecule has 1 unspecified atom stereocenters. The van der Waals surface area contributed by atoms with Gasteiger partial charge in [-0.3, -0.25) is 4.90 Å². The minimum absolute atomic E-state index is 0.551. The van der Waals surface area contributed by atoms with Crippen molar-refractivity contribution in [2.24, 2.45) is 5.92 Å². The van der Waals surface area contributed by atoms with Gasteiger partial charge in [-0.2, -0.15) is 0 Å². The lowest BCUT2D eigenvalue weighted by Gasteiger charge is -2.26. The number of ether oxygens (including phenoxy) is 1. The Kier molecular flexibility index (Phi) is 2.66. The van der Waals surface area contributed by atoms with Gasteiger partial charge in [0, 0.05) is 6.54 Å². The molecule has 0 bridgehead atoms. The van der Waals surface area contributed by atoms with Gasteiger partial charge in [-0.15, -0.1) is 0 Å². The molecule has 2 rings (SSSR count). The summed E-state index contributed by atoms with van der Waals surface area (Å²) in [4.78, 5) is 2.28. The van der Waals surface area contributed by atoms with Crippen LogP contribution in [0.1, 0.15) is 32.1 Å². The predicted octanol–water partition coefficient (Wildman–Crippen LogP) is 1.85. The number of rotatable bonds is 1. The fraction of sp³-hybridized carbons (Fsp3) is 1.00. The summed E-state index contributed by atoms with van der Waals surface area (Å²) in [5, 5.41) is 0. The van der Waals surface area contributed by atoms with Gasteiger partial charge in [-0.05, 0) is 25.8 Å². The Morgan fingerprint density at radius 3 is 2.50 bits per heavy atom. The summed E-state index contributed by atoms with van der Waals surface area (Å²) in [6.45, 7) is 2.01. The van der Waals surface area contributed by atoms with E-state index in [0.29, 0.717) is 6.10 Å². The minimum Gasteiger partial charge on any atom is -0.361 e. The van der Waals surface area contributed by atoms with Crippen molar-refractivity contribution in [3.05, 3.63) is 0 Å². The van der Waals surface area contributed by atoms with E-state index >= 15 is 0 Å². The molecule has 2 fully saturated rings. The zero-order chi connectivity index (χ0) is 8.39. The third-order valence-corrected chi connectivity index (χ3v) is 3.18. The minimum atomic E-state index is 0.551. The van der Waals surface area contributed by atoms with Crippen LogP contribution < -0.4 is 0 Å². The molecule has 1 saturated heterocycles. The van der Waals surface area contributed by atoms with Gasteiger partial charge in [0.2, 0.25) is 0 Å². The maximum absolute atomic E-state index is 5.73. The largest absolute Gasteiger partial charge is 0.361 e. The zero-order valence-corrected chi connectivity index (χ0v) is 7.96. The summed E-state index contributed by atoms with van der Waals surface area (Å²) in [6.07, 6.45) is 7.65. The summed E-state index contributed by atoms with van der Waals surface area (Å²) in [5.74, 6) is 0.865. The van der Waals surface area contributed by atoms with E-state index in [-0.39, 0.29) is 0 Å². The number of nitrogens with zero attached hydrogens (tertiary/aromatic N) is 1. The number of hydrogen-bond acceptors (Lipinski definition) is 2. The molecule has 1 aliphatic carbocycles. The van der Waals surface area contributed by atoms with E-state index in [1.807, 2.05) is 0 Å². The zero-order valence-electron chi connectivity index (χ0n) is 7.96. The molecule has 2 aliphatic rings. The molecule has 0 N–H and O–H groups in total. The summed E-state index contributed by atoms with van der Waals surface area (Å²) in [5.41, 5.74) is 0. The van der Waals surface area contributed by atoms with Crippen LogP contribution in [0, 0.1) is 5.92 Å². The topological polar surface area (TPSA) is 12.5 Å². The Morgan fingerprint density at radius 1 is 1.17 bits per heavy atom. The van der Waals surface area contributed by atoms with Crippen molar-refractivity contribution >= 4 is 0 Å². The van der Waals surface area contributed by atoms with Crippen molar-refractivity contribution in [3.63, 3.8) is 0 Å². The maximum Gasteiger partial charge on any atom is 0.0993 e. The highest BCUT2D eigenvalue weighted by atomic mass is 16.5. The van der Waals surface area contributed by atoms with Crippen molar-refractivity contribution in [1.82, 2.24) is 4.90 Å². The molecule has 70 valence electrons. The molecule has 0 aromatic heterocycles. The number of likely N-dealkylation sites (N-methyl/N-ethyl adjacent to an activating group) is 1. The van der Waals surface area contributed by atoms with Crippen molar-refractivity contribution in [2.45, 2.75) is 38.2 Å². The molecule has 12 heavy (non-hydrogen) atoms. The number of hydrogen-bond donors (Lipinski definition) is 0. The van der Waals surface area contributed by atoms with Gasteiger partial charge in [0.15, 0.2) is 0 Å². The van der Waals surface area contributed by atoms with Crippen LogP contribution >= 0.6 is 0 Å². The first kappa shape index (κ1) is 8.52. The lowest BCUT2D eigenvalue weighted by Crippen LogP contribution is -2.26. The van der Waals surface area contributed by atoms with Crippen LogP contribution in [0.4, 0.5) is 0 Å². The first-order valence-corrected chi connectivity index (χ1v) is 5.16. The highest BCUT2D eigenvalue weighted by Gasteiger charge is 2.29. The normalized spacial score (nSPS) is 34.2. The third kappa shape index (κ3) is 1.80. The van der Waals surface area contributed by atoms with E-state index in [4.69, 9.17) is 4.74 Å². The van der Waals surface area contributed by atoms with Gasteiger partial charge in [0.25, 0.3) is 0 Å². The second-order valence-electron chi connectivity index (χ2n) is 4.27. The molecule has 0 aromatic rings. The van der Waals surface area contributed by atoms with Crippen LogP contribution in [-0.4, -0.2) is 31.3 Å². The van der Waals surface area contributed by atoms with Crippen LogP contribution in [-0.2, 0) is 4.74 Å². The molecular weight excluding hydrogens is 150 g/mol. The molecular formula is C10H19NO. The van der Waals surface area contributed by atoms with Crippen molar-refractivity contribution in [3.8, 4) is 0 Å². The fourth-order valence-corrected chi connectivity index (χ4v) is 2.43. The molecule has 1 atom stereocenters. The highest BCUT2D eigenvalue weighted by molar-refractivity contribution is 4.79. The monoisotopic (exact) mass is 169 g/mol. The van der Waals surface area contributed by atoms with Crippen molar-refractivity contribution < 1.29 is 4.74 Å². The average Bonchev–Trinajstić information content (AvgIpc) is 2.54. The Bertz CT molecular complexity index is 140. The SMILES string of the molecule is CN1COC(C2CCCCC2)C1. The molecule has 0 aromatic carbocycles. The van der Waals surface area contributed by atoms with Crippen LogP contribution in [0.2, 0.25) is 0 Å². The van der Waals surface area contributed by atoms with Crippen LogP contribution in [0.3, 0.4) is 0 Å². The molecule has 1 heterocycles. The van der Waals surface area contributed by atoms with Gasteiger partial charge < -0.3 is 4.74 Å². The summed E-state index contributed by atoms with van der Waals surface area (Å²) >= 11 is 0. The van der Waals surface area contributed by atoms with Crippen molar-refractivity contribution in [1.29, 1.82) is 0 Å². The Morgan fingerprint density at radius 2 is 1.92 bits per heavy atom. The first-order chi connectivity index (χ1) is 5.86. The van der Waals surface area contributed by atoms with Gasteiger partial charge in [-0.25, -0.2) is 0 Å². The third-order valence-electron chi connectivity index (χ3n) is 3.18. The summed E-state index contributed by atoms with van der Waals surface area (Å²) in [7, 11) is 2.14. The summed E-state index contributed by atoms with van der Waals surface area (Å²) in [6, 6.07) is 0.